The van der Waals surface area contributed by atoms with Crippen LogP contribution in [0.15, 0.2) is 58.3 Å². The lowest BCUT2D eigenvalue weighted by Crippen LogP contribution is -2.75. The summed E-state index contributed by atoms with van der Waals surface area (Å²) < 4.78 is 47.5. The summed E-state index contributed by atoms with van der Waals surface area (Å²) in [5, 5.41) is -0.545. The van der Waals surface area contributed by atoms with Crippen molar-refractivity contribution in [1.82, 2.24) is 0 Å². The number of fused-ring (bicyclic) bond motifs is 2. The molecule has 6 aliphatic rings. The summed E-state index contributed by atoms with van der Waals surface area (Å²) in [7, 11) is 0. The number of rotatable bonds is 4. The topological polar surface area (TPSA) is 82.8 Å². The predicted molar refractivity (Wildman–Crippen MR) is 129 cm³/mol. The van der Waals surface area contributed by atoms with E-state index in [0.29, 0.717) is 30.2 Å². The van der Waals surface area contributed by atoms with E-state index in [4.69, 9.17) is 13.9 Å². The third-order valence-corrected chi connectivity index (χ3v) is 10.9. The van der Waals surface area contributed by atoms with E-state index in [2.05, 4.69) is 0 Å². The molecule has 6 nitrogen and oxygen atoms in total. The van der Waals surface area contributed by atoms with E-state index >= 15 is 4.39 Å². The van der Waals surface area contributed by atoms with Gasteiger partial charge in [0.05, 0.1) is 17.8 Å². The number of halogens is 2. The second kappa shape index (κ2) is 7.32. The number of carbonyl (C=O) groups is 3. The quantitative estimate of drug-likeness (QED) is 0.406. The van der Waals surface area contributed by atoms with E-state index in [9.17, 15) is 18.8 Å². The van der Waals surface area contributed by atoms with Crippen molar-refractivity contribution in [3.05, 3.63) is 59.6 Å². The molecule has 1 aromatic heterocycles. The molecule has 1 saturated heterocycles. The maximum atomic E-state index is 15.8. The van der Waals surface area contributed by atoms with Gasteiger partial charge in [-0.1, -0.05) is 26.0 Å². The van der Waals surface area contributed by atoms with Gasteiger partial charge in [0.25, 0.3) is 0 Å². The highest BCUT2D eigenvalue weighted by Gasteiger charge is 2.83. The Morgan fingerprint density at radius 3 is 2.76 bits per heavy atom. The summed E-state index contributed by atoms with van der Waals surface area (Å²) in [5.74, 6) is -2.05. The standard InChI is InChI=1S/C28H26F2O6S/c1-14-8-16-17-10-20(30)18-9-15(31)5-6-26(18)11-19-22(35-28(17,19)26)12-25(16,2)27(14,24(33)37-13-29)36-23(32)21-4-3-7-34-21/h3-7,9,11,14,16-17,20,22H,8,10,12-13H2,1-2H3/t14-,16?,17?,20+,22+,25+,26-,27+,28-/m1/s1. The van der Waals surface area contributed by atoms with Gasteiger partial charge in [0.2, 0.25) is 10.9 Å². The van der Waals surface area contributed by atoms with Gasteiger partial charge in [-0.3, -0.25) is 9.59 Å². The Balaban J connectivity index is 1.37. The fraction of sp³-hybridized carbons (Fsp3) is 0.536. The van der Waals surface area contributed by atoms with Crippen LogP contribution in [0.2, 0.25) is 0 Å². The smallest absolute Gasteiger partial charge is 0.375 e. The molecule has 2 unspecified atom stereocenters. The molecule has 5 aliphatic carbocycles. The van der Waals surface area contributed by atoms with Crippen LogP contribution in [0.5, 0.6) is 0 Å². The highest BCUT2D eigenvalue weighted by atomic mass is 32.2. The molecular formula is C28H26F2O6S. The normalized spacial score (nSPS) is 46.3. The van der Waals surface area contributed by atoms with Crippen LogP contribution in [0, 0.1) is 28.6 Å². The van der Waals surface area contributed by atoms with Crippen LogP contribution in [0.25, 0.3) is 0 Å². The molecule has 0 N–H and O–H groups in total. The number of alkyl halides is 2. The Labute approximate surface area is 216 Å². The molecule has 7 rings (SSSR count). The van der Waals surface area contributed by atoms with Crippen LogP contribution < -0.4 is 0 Å². The van der Waals surface area contributed by atoms with E-state index < -0.39 is 51.2 Å². The van der Waals surface area contributed by atoms with Crippen LogP contribution in [0.1, 0.15) is 43.7 Å². The van der Waals surface area contributed by atoms with Gasteiger partial charge in [-0.15, -0.1) is 0 Å². The fourth-order valence-corrected chi connectivity index (χ4v) is 9.69. The van der Waals surface area contributed by atoms with Crippen LogP contribution in [0.3, 0.4) is 0 Å². The van der Waals surface area contributed by atoms with Gasteiger partial charge in [0, 0.05) is 17.3 Å². The summed E-state index contributed by atoms with van der Waals surface area (Å²) in [6.07, 6.45) is 7.35. The van der Waals surface area contributed by atoms with Crippen molar-refractivity contribution < 1.29 is 37.1 Å². The zero-order valence-corrected chi connectivity index (χ0v) is 21.2. The zero-order chi connectivity index (χ0) is 26.0. The first kappa shape index (κ1) is 23.6. The Hall–Kier alpha value is -2.52. The Kier molecular flexibility index (Phi) is 4.66. The first-order valence-corrected chi connectivity index (χ1v) is 13.6. The molecule has 3 saturated carbocycles. The third-order valence-electron chi connectivity index (χ3n) is 10.2. The van der Waals surface area contributed by atoms with Gasteiger partial charge in [-0.05, 0) is 72.4 Å². The van der Waals surface area contributed by atoms with Crippen molar-refractivity contribution in [2.75, 3.05) is 6.01 Å². The number of hydrogen-bond donors (Lipinski definition) is 0. The van der Waals surface area contributed by atoms with Crippen molar-refractivity contribution >= 4 is 28.6 Å². The molecule has 2 heterocycles. The van der Waals surface area contributed by atoms with Gasteiger partial charge >= 0.3 is 5.97 Å². The molecule has 9 atom stereocenters. The number of furan rings is 1. The minimum Gasteiger partial charge on any atom is -0.457 e. The summed E-state index contributed by atoms with van der Waals surface area (Å²) in [5.41, 5.74) is -2.69. The van der Waals surface area contributed by atoms with Crippen molar-refractivity contribution in [1.29, 1.82) is 0 Å². The van der Waals surface area contributed by atoms with Crippen molar-refractivity contribution in [2.24, 2.45) is 28.6 Å². The molecule has 1 aromatic rings. The van der Waals surface area contributed by atoms with E-state index in [0.717, 1.165) is 5.57 Å². The van der Waals surface area contributed by atoms with E-state index in [1.54, 1.807) is 12.1 Å². The summed E-state index contributed by atoms with van der Waals surface area (Å²) >= 11 is 0.502. The summed E-state index contributed by atoms with van der Waals surface area (Å²) in [6.45, 7) is 3.77. The second-order valence-corrected chi connectivity index (χ2v) is 12.3. The lowest BCUT2D eigenvalue weighted by Gasteiger charge is -2.71. The van der Waals surface area contributed by atoms with Crippen LogP contribution >= 0.6 is 11.8 Å². The first-order chi connectivity index (χ1) is 17.6. The first-order valence-electron chi connectivity index (χ1n) is 12.6. The molecule has 37 heavy (non-hydrogen) atoms. The molecule has 0 radical (unpaired) electrons. The van der Waals surface area contributed by atoms with Gasteiger partial charge in [0.1, 0.15) is 17.8 Å². The molecule has 194 valence electrons. The van der Waals surface area contributed by atoms with Gasteiger partial charge in [-0.2, -0.15) is 0 Å². The number of thioether (sulfide) groups is 1. The molecule has 0 aromatic carbocycles. The van der Waals surface area contributed by atoms with Crippen LogP contribution in [-0.4, -0.2) is 46.4 Å². The molecule has 0 amide bonds. The number of esters is 1. The van der Waals surface area contributed by atoms with Crippen molar-refractivity contribution in [3.63, 3.8) is 0 Å². The van der Waals surface area contributed by atoms with E-state index in [1.807, 2.05) is 19.9 Å². The molecule has 4 fully saturated rings. The average molecular weight is 529 g/mol. The highest BCUT2D eigenvalue weighted by Crippen LogP contribution is 2.79. The van der Waals surface area contributed by atoms with Gasteiger partial charge in [0.15, 0.2) is 11.4 Å². The van der Waals surface area contributed by atoms with Crippen LogP contribution in [-0.2, 0) is 19.1 Å². The Morgan fingerprint density at radius 2 is 2.05 bits per heavy atom. The molecule has 2 bridgehead atoms. The van der Waals surface area contributed by atoms with E-state index in [1.165, 1.54) is 24.5 Å². The monoisotopic (exact) mass is 528 g/mol. The van der Waals surface area contributed by atoms with Gasteiger partial charge < -0.3 is 13.9 Å². The predicted octanol–water partition coefficient (Wildman–Crippen LogP) is 4.92. The van der Waals surface area contributed by atoms with Crippen LogP contribution in [0.4, 0.5) is 8.78 Å². The molecule has 1 aliphatic heterocycles. The largest absolute Gasteiger partial charge is 0.457 e. The lowest BCUT2D eigenvalue weighted by molar-refractivity contribution is -0.239. The molecular weight excluding hydrogens is 502 g/mol. The lowest BCUT2D eigenvalue weighted by atomic mass is 9.41. The average Bonchev–Trinajstić information content (AvgIpc) is 3.42. The van der Waals surface area contributed by atoms with E-state index in [-0.39, 0.29) is 35.9 Å². The fourth-order valence-electron chi connectivity index (χ4n) is 8.90. The summed E-state index contributed by atoms with van der Waals surface area (Å²) in [4.78, 5) is 39.1. The minimum absolute atomic E-state index is 0.0422. The van der Waals surface area contributed by atoms with Crippen molar-refractivity contribution in [2.45, 2.75) is 56.6 Å². The third kappa shape index (κ3) is 2.49. The SMILES string of the molecule is C[C@@H]1CC2C3C[C@H](F)C4=CC(=O)C=C[C@@]45C=C4[C@H](C[C@]2(C)[C@@]1(OC(=O)c1ccco1)C(=O)SCF)O[C@@]435. The minimum atomic E-state index is -1.65. The maximum absolute atomic E-state index is 15.8. The molecule has 2 spiro atoms. The number of carbonyl (C=O) groups excluding carboxylic acids is 3. The summed E-state index contributed by atoms with van der Waals surface area (Å²) in [6, 6.07) is 2.06. The molecule has 9 heteroatoms. The van der Waals surface area contributed by atoms with Crippen molar-refractivity contribution in [3.8, 4) is 0 Å². The zero-order valence-electron chi connectivity index (χ0n) is 20.4. The number of ether oxygens (including phenoxy) is 2. The Bertz CT molecular complexity index is 1330. The maximum Gasteiger partial charge on any atom is 0.375 e. The highest BCUT2D eigenvalue weighted by molar-refractivity contribution is 8.13. The number of ketones is 1. The number of allylic oxidation sites excluding steroid dienone is 2. The van der Waals surface area contributed by atoms with Gasteiger partial charge in [-0.25, -0.2) is 13.6 Å². The Morgan fingerprint density at radius 1 is 1.24 bits per heavy atom. The second-order valence-electron chi connectivity index (χ2n) is 11.5. The number of hydrogen-bond acceptors (Lipinski definition) is 7.